The Labute approximate surface area is 104 Å². The van der Waals surface area contributed by atoms with Gasteiger partial charge in [0.25, 0.3) is 0 Å². The van der Waals surface area contributed by atoms with Crippen molar-refractivity contribution in [1.29, 1.82) is 0 Å². The summed E-state index contributed by atoms with van der Waals surface area (Å²) in [6.45, 7) is 1.63. The van der Waals surface area contributed by atoms with E-state index >= 15 is 0 Å². The minimum absolute atomic E-state index is 0.163. The molecule has 3 atom stereocenters. The van der Waals surface area contributed by atoms with Gasteiger partial charge in [0.1, 0.15) is 6.04 Å². The number of carboxylic acid groups (broad SMARTS) is 2. The van der Waals surface area contributed by atoms with Crippen molar-refractivity contribution in [3.05, 3.63) is 0 Å². The van der Waals surface area contributed by atoms with Crippen LogP contribution in [-0.4, -0.2) is 62.5 Å². The van der Waals surface area contributed by atoms with E-state index in [2.05, 4.69) is 5.73 Å². The molecule has 0 aromatic carbocycles. The van der Waals surface area contributed by atoms with Crippen LogP contribution in [0.3, 0.4) is 0 Å². The summed E-state index contributed by atoms with van der Waals surface area (Å²) in [5.74, 6) is -2.81. The molecule has 9 N–H and O–H groups in total. The van der Waals surface area contributed by atoms with E-state index in [-0.39, 0.29) is 12.5 Å². The second kappa shape index (κ2) is 9.74. The molecule has 0 saturated carbocycles. The van der Waals surface area contributed by atoms with E-state index in [1.54, 1.807) is 6.92 Å². The molecule has 0 fully saturated rings. The SMILES string of the molecule is CC[C@H](CO)[C@H](N)C(=O)O.NC(C(=O)O)C(O)O. The van der Waals surface area contributed by atoms with Crippen LogP contribution in [0.1, 0.15) is 13.3 Å². The second-order valence-electron chi connectivity index (χ2n) is 3.49. The third-order valence-corrected chi connectivity index (χ3v) is 2.16. The molecule has 9 heteroatoms. The largest absolute Gasteiger partial charge is 0.480 e. The highest BCUT2D eigenvalue weighted by atomic mass is 16.5. The molecular formula is C9H20N2O7. The van der Waals surface area contributed by atoms with Gasteiger partial charge in [-0.05, 0) is 6.42 Å². The summed E-state index contributed by atoms with van der Waals surface area (Å²) in [5, 5.41) is 41.0. The standard InChI is InChI=1S/C6H13NO3.C3H7NO4/c1-2-4(3-8)5(7)6(9)10;4-1(2(5)6)3(7)8/h4-5,8H,2-3,7H2,1H3,(H,9,10);1-2,5-6H,4H2,(H,7,8)/t4-,5+;/m1./s1. The molecule has 0 aliphatic rings. The molecule has 0 aromatic heterocycles. The Morgan fingerprint density at radius 2 is 1.44 bits per heavy atom. The molecule has 0 bridgehead atoms. The van der Waals surface area contributed by atoms with Crippen LogP contribution in [0.15, 0.2) is 0 Å². The van der Waals surface area contributed by atoms with E-state index in [1.807, 2.05) is 0 Å². The van der Waals surface area contributed by atoms with Crippen LogP contribution >= 0.6 is 0 Å². The molecule has 0 aliphatic carbocycles. The van der Waals surface area contributed by atoms with Crippen molar-refractivity contribution >= 4 is 11.9 Å². The fourth-order valence-corrected chi connectivity index (χ4v) is 0.826. The molecule has 9 nitrogen and oxygen atoms in total. The third kappa shape index (κ3) is 7.92. The van der Waals surface area contributed by atoms with Gasteiger partial charge < -0.3 is 37.0 Å². The van der Waals surface area contributed by atoms with E-state index in [0.717, 1.165) is 0 Å². The molecule has 0 amide bonds. The fourth-order valence-electron chi connectivity index (χ4n) is 0.826. The van der Waals surface area contributed by atoms with Crippen LogP contribution in [0.2, 0.25) is 0 Å². The van der Waals surface area contributed by atoms with Gasteiger partial charge in [-0.3, -0.25) is 9.59 Å². The molecule has 108 valence electrons. The Morgan fingerprint density at radius 3 is 1.50 bits per heavy atom. The molecule has 0 aliphatic heterocycles. The molecule has 0 aromatic rings. The highest BCUT2D eigenvalue weighted by molar-refractivity contribution is 5.73. The van der Waals surface area contributed by atoms with Crippen LogP contribution < -0.4 is 11.5 Å². The monoisotopic (exact) mass is 268 g/mol. The van der Waals surface area contributed by atoms with Gasteiger partial charge in [0, 0.05) is 12.5 Å². The Bertz CT molecular complexity index is 255. The molecule has 0 saturated heterocycles. The molecule has 1 unspecified atom stereocenters. The van der Waals surface area contributed by atoms with Gasteiger partial charge in [0.2, 0.25) is 0 Å². The fraction of sp³-hybridized carbons (Fsp3) is 0.778. The highest BCUT2D eigenvalue weighted by Gasteiger charge is 2.21. The van der Waals surface area contributed by atoms with E-state index in [1.165, 1.54) is 0 Å². The zero-order chi connectivity index (χ0) is 14.9. The Balaban J connectivity index is 0. The number of hydrogen-bond donors (Lipinski definition) is 7. The minimum atomic E-state index is -1.98. The van der Waals surface area contributed by atoms with E-state index in [0.29, 0.717) is 6.42 Å². The lowest BCUT2D eigenvalue weighted by molar-refractivity contribution is -0.149. The zero-order valence-corrected chi connectivity index (χ0v) is 9.93. The predicted octanol–water partition coefficient (Wildman–Crippen LogP) is -2.87. The smallest absolute Gasteiger partial charge is 0.325 e. The molecule has 0 rings (SSSR count). The summed E-state index contributed by atoms with van der Waals surface area (Å²) in [6.07, 6.45) is -1.39. The molecule has 18 heavy (non-hydrogen) atoms. The van der Waals surface area contributed by atoms with E-state index in [9.17, 15) is 9.59 Å². The molecule has 0 radical (unpaired) electrons. The molecule has 0 spiro atoms. The number of carbonyl (C=O) groups is 2. The molecule has 0 heterocycles. The van der Waals surface area contributed by atoms with Crippen LogP contribution in [0, 0.1) is 5.92 Å². The first-order valence-electron chi connectivity index (χ1n) is 5.12. The van der Waals surface area contributed by atoms with Gasteiger partial charge in [-0.2, -0.15) is 0 Å². The van der Waals surface area contributed by atoms with Gasteiger partial charge in [0.05, 0.1) is 0 Å². The van der Waals surface area contributed by atoms with Crippen molar-refractivity contribution in [2.24, 2.45) is 17.4 Å². The van der Waals surface area contributed by atoms with Crippen LogP contribution in [-0.2, 0) is 9.59 Å². The van der Waals surface area contributed by atoms with Crippen molar-refractivity contribution in [2.45, 2.75) is 31.7 Å². The van der Waals surface area contributed by atoms with Gasteiger partial charge in [-0.25, -0.2) is 0 Å². The zero-order valence-electron chi connectivity index (χ0n) is 9.93. The molecular weight excluding hydrogens is 248 g/mol. The maximum atomic E-state index is 10.2. The van der Waals surface area contributed by atoms with Gasteiger partial charge in [-0.15, -0.1) is 0 Å². The van der Waals surface area contributed by atoms with E-state index in [4.69, 9.17) is 31.3 Å². The van der Waals surface area contributed by atoms with Gasteiger partial charge in [0.15, 0.2) is 12.3 Å². The second-order valence-corrected chi connectivity index (χ2v) is 3.49. The number of hydrogen-bond acceptors (Lipinski definition) is 7. The first-order chi connectivity index (χ1) is 8.18. The summed E-state index contributed by atoms with van der Waals surface area (Å²) >= 11 is 0. The number of carboxylic acids is 2. The highest BCUT2D eigenvalue weighted by Crippen LogP contribution is 2.05. The Morgan fingerprint density at radius 1 is 1.06 bits per heavy atom. The van der Waals surface area contributed by atoms with Crippen molar-refractivity contribution in [3.63, 3.8) is 0 Å². The van der Waals surface area contributed by atoms with Crippen molar-refractivity contribution in [3.8, 4) is 0 Å². The topological polar surface area (TPSA) is 187 Å². The Hall–Kier alpha value is -1.26. The summed E-state index contributed by atoms with van der Waals surface area (Å²) < 4.78 is 0. The first-order valence-corrected chi connectivity index (χ1v) is 5.12. The quantitative estimate of drug-likeness (QED) is 0.248. The van der Waals surface area contributed by atoms with Crippen molar-refractivity contribution < 1.29 is 35.1 Å². The Kier molecular flexibility index (Phi) is 10.3. The number of aliphatic carboxylic acids is 2. The van der Waals surface area contributed by atoms with Gasteiger partial charge >= 0.3 is 11.9 Å². The summed E-state index contributed by atoms with van der Waals surface area (Å²) in [4.78, 5) is 19.9. The number of aliphatic hydroxyl groups is 3. The predicted molar refractivity (Wildman–Crippen MR) is 60.3 cm³/mol. The summed E-state index contributed by atoms with van der Waals surface area (Å²) in [5.41, 5.74) is 9.88. The summed E-state index contributed by atoms with van der Waals surface area (Å²) in [6, 6.07) is -2.54. The number of aliphatic hydroxyl groups excluding tert-OH is 2. The lowest BCUT2D eigenvalue weighted by Crippen LogP contribution is -2.41. The lowest BCUT2D eigenvalue weighted by Gasteiger charge is -2.15. The minimum Gasteiger partial charge on any atom is -0.480 e. The van der Waals surface area contributed by atoms with Crippen LogP contribution in [0.5, 0.6) is 0 Å². The van der Waals surface area contributed by atoms with Crippen molar-refractivity contribution in [1.82, 2.24) is 0 Å². The summed E-state index contributed by atoms with van der Waals surface area (Å²) in [7, 11) is 0. The average Bonchev–Trinajstić information content (AvgIpc) is 2.29. The van der Waals surface area contributed by atoms with E-state index < -0.39 is 30.3 Å². The average molecular weight is 268 g/mol. The number of rotatable bonds is 6. The normalized spacial score (nSPS) is 15.3. The van der Waals surface area contributed by atoms with Crippen molar-refractivity contribution in [2.75, 3.05) is 6.61 Å². The third-order valence-electron chi connectivity index (χ3n) is 2.16. The van der Waals surface area contributed by atoms with Gasteiger partial charge in [-0.1, -0.05) is 6.92 Å². The van der Waals surface area contributed by atoms with Crippen LogP contribution in [0.25, 0.3) is 0 Å². The lowest BCUT2D eigenvalue weighted by atomic mass is 9.99. The maximum Gasteiger partial charge on any atom is 0.325 e. The van der Waals surface area contributed by atoms with Crippen LogP contribution in [0.4, 0.5) is 0 Å². The first kappa shape index (κ1) is 19.1. The number of nitrogens with two attached hydrogens (primary N) is 2. The maximum absolute atomic E-state index is 10.2.